The Morgan fingerprint density at radius 1 is 1.44 bits per heavy atom. The van der Waals surface area contributed by atoms with E-state index in [9.17, 15) is 4.39 Å². The van der Waals surface area contributed by atoms with E-state index in [-0.39, 0.29) is 11.9 Å². The molecule has 0 aliphatic carbocycles. The van der Waals surface area contributed by atoms with E-state index in [1.54, 1.807) is 0 Å². The minimum atomic E-state index is -0.247. The summed E-state index contributed by atoms with van der Waals surface area (Å²) < 4.78 is 19.5. The van der Waals surface area contributed by atoms with Gasteiger partial charge in [0.1, 0.15) is 11.6 Å². The first-order valence-electron chi connectivity index (χ1n) is 5.17. The Hall–Kier alpha value is -0.870. The molecule has 0 fully saturated rings. The zero-order valence-electron chi connectivity index (χ0n) is 8.97. The lowest BCUT2D eigenvalue weighted by molar-refractivity contribution is 0.218. The van der Waals surface area contributed by atoms with Crippen LogP contribution in [0.1, 0.15) is 18.0 Å². The molecule has 1 aliphatic rings. The molecule has 0 bridgehead atoms. The molecule has 1 unspecified atom stereocenters. The molecule has 0 radical (unpaired) electrons. The van der Waals surface area contributed by atoms with E-state index < -0.39 is 0 Å². The fraction of sp³-hybridized carbons (Fsp3) is 0.333. The van der Waals surface area contributed by atoms with Crippen molar-refractivity contribution in [1.29, 1.82) is 0 Å². The van der Waals surface area contributed by atoms with Crippen LogP contribution in [-0.4, -0.2) is 13.7 Å². The summed E-state index contributed by atoms with van der Waals surface area (Å²) >= 11 is 3.29. The monoisotopic (exact) mass is 285 g/mol. The molecule has 1 aromatic carbocycles. The van der Waals surface area contributed by atoms with Crippen LogP contribution in [0.3, 0.4) is 0 Å². The molecule has 1 N–H and O–H groups in total. The van der Waals surface area contributed by atoms with Crippen LogP contribution >= 0.6 is 15.9 Å². The average molecular weight is 286 g/mol. The van der Waals surface area contributed by atoms with Gasteiger partial charge < -0.3 is 10.1 Å². The lowest BCUT2D eigenvalue weighted by atomic mass is 10.0. The zero-order valence-corrected chi connectivity index (χ0v) is 10.6. The minimum absolute atomic E-state index is 0.0745. The number of halogens is 2. The second-order valence-electron chi connectivity index (χ2n) is 3.67. The maximum absolute atomic E-state index is 13.3. The van der Waals surface area contributed by atoms with Crippen molar-refractivity contribution in [2.24, 2.45) is 0 Å². The van der Waals surface area contributed by atoms with Crippen LogP contribution in [0.4, 0.5) is 4.39 Å². The summed E-state index contributed by atoms with van der Waals surface area (Å²) in [7, 11) is 1.84. The normalized spacial score (nSPS) is 16.8. The highest BCUT2D eigenvalue weighted by molar-refractivity contribution is 9.10. The molecule has 0 aromatic heterocycles. The summed E-state index contributed by atoms with van der Waals surface area (Å²) in [6.07, 6.45) is 2.96. The molecule has 1 aliphatic heterocycles. The van der Waals surface area contributed by atoms with Gasteiger partial charge in [-0.1, -0.05) is 15.9 Å². The van der Waals surface area contributed by atoms with Crippen LogP contribution in [0.5, 0.6) is 0 Å². The summed E-state index contributed by atoms with van der Waals surface area (Å²) in [6, 6.07) is 4.79. The first kappa shape index (κ1) is 11.6. The molecule has 1 atom stereocenters. The second-order valence-corrected chi connectivity index (χ2v) is 4.58. The maximum atomic E-state index is 13.3. The van der Waals surface area contributed by atoms with E-state index >= 15 is 0 Å². The Morgan fingerprint density at radius 2 is 2.25 bits per heavy atom. The van der Waals surface area contributed by atoms with Gasteiger partial charge >= 0.3 is 0 Å². The van der Waals surface area contributed by atoms with E-state index in [0.29, 0.717) is 6.61 Å². The Labute approximate surface area is 103 Å². The molecule has 86 valence electrons. The molecule has 16 heavy (non-hydrogen) atoms. The molecule has 0 amide bonds. The number of ether oxygens (including phenoxy) is 1. The highest BCUT2D eigenvalue weighted by atomic mass is 79.9. The zero-order chi connectivity index (χ0) is 11.5. The van der Waals surface area contributed by atoms with Gasteiger partial charge in [-0.05, 0) is 36.9 Å². The molecule has 0 saturated carbocycles. The number of likely N-dealkylation sites (N-methyl/N-ethyl adjacent to an activating group) is 1. The van der Waals surface area contributed by atoms with Gasteiger partial charge in [-0.25, -0.2) is 4.39 Å². The molecule has 0 spiro atoms. The smallest absolute Gasteiger partial charge is 0.124 e. The first-order chi connectivity index (χ1) is 7.70. The van der Waals surface area contributed by atoms with Crippen LogP contribution < -0.4 is 5.32 Å². The van der Waals surface area contributed by atoms with Crippen molar-refractivity contribution >= 4 is 15.9 Å². The first-order valence-corrected chi connectivity index (χ1v) is 5.96. The standard InChI is InChI=1S/C12H13BrFNO/c1-15-12(11-3-2-4-16-11)8-5-9(13)7-10(14)6-8/h3,5-7,12,15H,2,4H2,1H3. The van der Waals surface area contributed by atoms with Gasteiger partial charge in [0.05, 0.1) is 12.6 Å². The molecule has 4 heteroatoms. The van der Waals surface area contributed by atoms with Crippen molar-refractivity contribution in [2.75, 3.05) is 13.7 Å². The van der Waals surface area contributed by atoms with Crippen molar-refractivity contribution in [1.82, 2.24) is 5.32 Å². The summed E-state index contributed by atoms with van der Waals surface area (Å²) in [5.74, 6) is 0.628. The van der Waals surface area contributed by atoms with Crippen molar-refractivity contribution < 1.29 is 9.13 Å². The lowest BCUT2D eigenvalue weighted by Gasteiger charge is -2.18. The fourth-order valence-corrected chi connectivity index (χ4v) is 2.34. The quantitative estimate of drug-likeness (QED) is 0.921. The van der Waals surface area contributed by atoms with E-state index in [0.717, 1.165) is 22.2 Å². The second kappa shape index (κ2) is 4.97. The van der Waals surface area contributed by atoms with Crippen LogP contribution in [0.25, 0.3) is 0 Å². The van der Waals surface area contributed by atoms with Crippen molar-refractivity contribution in [3.05, 3.63) is 45.9 Å². The van der Waals surface area contributed by atoms with Crippen LogP contribution in [0.2, 0.25) is 0 Å². The minimum Gasteiger partial charge on any atom is -0.496 e. The Kier molecular flexibility index (Phi) is 3.61. The van der Waals surface area contributed by atoms with Gasteiger partial charge in [0.15, 0.2) is 0 Å². The third kappa shape index (κ3) is 2.44. The van der Waals surface area contributed by atoms with Crippen LogP contribution in [-0.2, 0) is 4.74 Å². The Morgan fingerprint density at radius 3 is 2.81 bits per heavy atom. The van der Waals surface area contributed by atoms with Gasteiger partial charge in [-0.15, -0.1) is 0 Å². The molecule has 2 rings (SSSR count). The summed E-state index contributed by atoms with van der Waals surface area (Å²) in [4.78, 5) is 0. The summed E-state index contributed by atoms with van der Waals surface area (Å²) in [6.45, 7) is 0.712. The van der Waals surface area contributed by atoms with E-state index in [2.05, 4.69) is 21.2 Å². The van der Waals surface area contributed by atoms with Gasteiger partial charge in [-0.2, -0.15) is 0 Å². The van der Waals surface area contributed by atoms with Gasteiger partial charge in [0.2, 0.25) is 0 Å². The predicted octanol–water partition coefficient (Wildman–Crippen LogP) is 3.15. The number of rotatable bonds is 3. The SMILES string of the molecule is CNC(C1=CCCO1)c1cc(F)cc(Br)c1. The van der Waals surface area contributed by atoms with Gasteiger partial charge in [-0.3, -0.25) is 0 Å². The lowest BCUT2D eigenvalue weighted by Crippen LogP contribution is -2.19. The summed E-state index contributed by atoms with van der Waals surface area (Å²) in [5, 5.41) is 3.13. The van der Waals surface area contributed by atoms with E-state index in [1.807, 2.05) is 19.2 Å². The van der Waals surface area contributed by atoms with Gasteiger partial charge in [0, 0.05) is 10.9 Å². The highest BCUT2D eigenvalue weighted by Gasteiger charge is 2.19. The van der Waals surface area contributed by atoms with Crippen molar-refractivity contribution in [2.45, 2.75) is 12.5 Å². The van der Waals surface area contributed by atoms with E-state index in [4.69, 9.17) is 4.74 Å². The van der Waals surface area contributed by atoms with Gasteiger partial charge in [0.25, 0.3) is 0 Å². The predicted molar refractivity (Wildman–Crippen MR) is 64.6 cm³/mol. The number of benzene rings is 1. The fourth-order valence-electron chi connectivity index (χ4n) is 1.85. The largest absolute Gasteiger partial charge is 0.496 e. The topological polar surface area (TPSA) is 21.3 Å². The van der Waals surface area contributed by atoms with Crippen molar-refractivity contribution in [3.63, 3.8) is 0 Å². The van der Waals surface area contributed by atoms with Crippen LogP contribution in [0, 0.1) is 5.82 Å². The molecular weight excluding hydrogens is 273 g/mol. The third-order valence-electron chi connectivity index (χ3n) is 2.52. The molecule has 1 aromatic rings. The average Bonchev–Trinajstić information content (AvgIpc) is 2.70. The van der Waals surface area contributed by atoms with E-state index in [1.165, 1.54) is 12.1 Å². The number of hydrogen-bond donors (Lipinski definition) is 1. The molecule has 0 saturated heterocycles. The Balaban J connectivity index is 2.32. The summed E-state index contributed by atoms with van der Waals surface area (Å²) in [5.41, 5.74) is 0.863. The number of nitrogens with one attached hydrogen (secondary N) is 1. The highest BCUT2D eigenvalue weighted by Crippen LogP contribution is 2.28. The Bertz CT molecular complexity index is 399. The molecule has 2 nitrogen and oxygen atoms in total. The number of hydrogen-bond acceptors (Lipinski definition) is 2. The molecule has 1 heterocycles. The van der Waals surface area contributed by atoms with Crippen LogP contribution in [0.15, 0.2) is 34.5 Å². The third-order valence-corrected chi connectivity index (χ3v) is 2.98. The maximum Gasteiger partial charge on any atom is 0.124 e. The molecular formula is C12H13BrFNO. The van der Waals surface area contributed by atoms with Crippen molar-refractivity contribution in [3.8, 4) is 0 Å².